The molecule has 0 atom stereocenters. The number of anilines is 1. The largest absolute Gasteiger partial charge is 0.496 e. The van der Waals surface area contributed by atoms with E-state index in [4.69, 9.17) is 14.5 Å². The second-order valence-corrected chi connectivity index (χ2v) is 8.72. The van der Waals surface area contributed by atoms with Gasteiger partial charge in [0, 0.05) is 57.2 Å². The maximum atomic E-state index is 13.1. The molecule has 9 nitrogen and oxygen atoms in total. The fraction of sp³-hybridized carbons (Fsp3) is 0.440. The van der Waals surface area contributed by atoms with Crippen molar-refractivity contribution in [2.75, 3.05) is 58.9 Å². The molecule has 2 saturated heterocycles. The number of piperazine rings is 1. The van der Waals surface area contributed by atoms with Crippen LogP contribution in [-0.2, 0) is 17.6 Å². The van der Waals surface area contributed by atoms with Crippen LogP contribution >= 0.6 is 0 Å². The molecule has 2 aliphatic heterocycles. The normalized spacial score (nSPS) is 18.0. The molecule has 0 bridgehead atoms. The summed E-state index contributed by atoms with van der Waals surface area (Å²) in [6.07, 6.45) is 2.96. The number of nitrogens with zero attached hydrogens (tertiary/aromatic N) is 5. The van der Waals surface area contributed by atoms with Gasteiger partial charge in [0.05, 0.1) is 49.3 Å². The summed E-state index contributed by atoms with van der Waals surface area (Å²) in [5.74, 6) is 1.96. The number of hydrogen-bond donors (Lipinski definition) is 1. The predicted molar refractivity (Wildman–Crippen MR) is 127 cm³/mol. The van der Waals surface area contributed by atoms with Gasteiger partial charge in [0.25, 0.3) is 5.91 Å². The molecular weight excluding hydrogens is 432 g/mol. The van der Waals surface area contributed by atoms with Crippen LogP contribution in [0.5, 0.6) is 5.75 Å². The molecule has 9 heteroatoms. The average Bonchev–Trinajstić information content (AvgIpc) is 3.26. The van der Waals surface area contributed by atoms with E-state index in [2.05, 4.69) is 21.3 Å². The van der Waals surface area contributed by atoms with Crippen molar-refractivity contribution in [2.45, 2.75) is 18.9 Å². The molecule has 0 unspecified atom stereocenters. The minimum absolute atomic E-state index is 0.0238. The summed E-state index contributed by atoms with van der Waals surface area (Å²) in [5.41, 5.74) is 3.76. The first kappa shape index (κ1) is 22.3. The van der Waals surface area contributed by atoms with Crippen LogP contribution in [0.25, 0.3) is 5.57 Å². The highest BCUT2D eigenvalue weighted by Gasteiger charge is 2.30. The van der Waals surface area contributed by atoms with Crippen molar-refractivity contribution in [1.29, 1.82) is 5.26 Å². The Morgan fingerprint density at radius 1 is 1.26 bits per heavy atom. The van der Waals surface area contributed by atoms with Crippen molar-refractivity contribution in [3.63, 3.8) is 0 Å². The number of carbonyl (C=O) groups is 1. The third-order valence-corrected chi connectivity index (χ3v) is 6.78. The lowest BCUT2D eigenvalue weighted by Crippen LogP contribution is -2.57. The Morgan fingerprint density at radius 2 is 2.06 bits per heavy atom. The fourth-order valence-corrected chi connectivity index (χ4v) is 4.75. The Balaban J connectivity index is 1.31. The third-order valence-electron chi connectivity index (χ3n) is 6.78. The summed E-state index contributed by atoms with van der Waals surface area (Å²) in [6.45, 7) is 4.78. The van der Waals surface area contributed by atoms with Crippen molar-refractivity contribution in [2.24, 2.45) is 0 Å². The Bertz CT molecular complexity index is 1180. The lowest BCUT2D eigenvalue weighted by atomic mass is 10.0. The van der Waals surface area contributed by atoms with E-state index in [9.17, 15) is 10.1 Å². The van der Waals surface area contributed by atoms with Gasteiger partial charge in [-0.25, -0.2) is 9.97 Å². The molecule has 2 fully saturated rings. The van der Waals surface area contributed by atoms with Gasteiger partial charge in [-0.1, -0.05) is 12.1 Å². The van der Waals surface area contributed by atoms with Crippen LogP contribution in [0.15, 0.2) is 24.3 Å². The number of hydrogen-bond acceptors (Lipinski definition) is 8. The summed E-state index contributed by atoms with van der Waals surface area (Å²) < 4.78 is 10.9. The van der Waals surface area contributed by atoms with E-state index in [-0.39, 0.29) is 5.91 Å². The maximum absolute atomic E-state index is 13.1. The van der Waals surface area contributed by atoms with E-state index in [0.29, 0.717) is 60.5 Å². The molecule has 2 aromatic rings. The lowest BCUT2D eigenvalue weighted by molar-refractivity contribution is -0.0746. The smallest absolute Gasteiger partial charge is 0.254 e. The average molecular weight is 461 g/mol. The van der Waals surface area contributed by atoms with Gasteiger partial charge in [-0.05, 0) is 12.1 Å². The van der Waals surface area contributed by atoms with Crippen LogP contribution in [0.1, 0.15) is 33.0 Å². The summed E-state index contributed by atoms with van der Waals surface area (Å²) in [4.78, 5) is 26.8. The molecule has 1 N–H and O–H groups in total. The number of amides is 1. The quantitative estimate of drug-likeness (QED) is 0.695. The van der Waals surface area contributed by atoms with Crippen molar-refractivity contribution in [3.05, 3.63) is 52.5 Å². The van der Waals surface area contributed by atoms with Gasteiger partial charge < -0.3 is 19.7 Å². The third kappa shape index (κ3) is 4.11. The highest BCUT2D eigenvalue weighted by Crippen LogP contribution is 2.32. The Kier molecular flexibility index (Phi) is 6.18. The lowest BCUT2D eigenvalue weighted by Gasteiger charge is -2.42. The van der Waals surface area contributed by atoms with Gasteiger partial charge in [0.2, 0.25) is 0 Å². The van der Waals surface area contributed by atoms with Gasteiger partial charge in [-0.2, -0.15) is 5.26 Å². The molecule has 3 heterocycles. The second kappa shape index (κ2) is 9.41. The first-order valence-electron chi connectivity index (χ1n) is 11.6. The molecule has 1 aliphatic carbocycles. The molecule has 5 rings (SSSR count). The van der Waals surface area contributed by atoms with E-state index in [1.54, 1.807) is 14.2 Å². The molecule has 34 heavy (non-hydrogen) atoms. The minimum atomic E-state index is 0.0238. The molecule has 0 radical (unpaired) electrons. The first-order valence-corrected chi connectivity index (χ1v) is 11.6. The number of fused-ring (bicyclic) bond motifs is 1. The SMILES string of the molecule is CNc1nc(Cc2ccc(C(=O)N3CCN(C4COC4)CC3)cc2OC)nc2c1C(C#N)=CC2. The highest BCUT2D eigenvalue weighted by atomic mass is 16.5. The van der Waals surface area contributed by atoms with Gasteiger partial charge >= 0.3 is 0 Å². The van der Waals surface area contributed by atoms with Gasteiger partial charge in [0.1, 0.15) is 17.4 Å². The maximum Gasteiger partial charge on any atom is 0.254 e. The number of nitrogens with one attached hydrogen (secondary N) is 1. The van der Waals surface area contributed by atoms with Crippen molar-refractivity contribution >= 4 is 17.3 Å². The van der Waals surface area contributed by atoms with E-state index in [1.165, 1.54) is 0 Å². The van der Waals surface area contributed by atoms with E-state index in [0.717, 1.165) is 43.1 Å². The Labute approximate surface area is 199 Å². The molecule has 1 aromatic carbocycles. The van der Waals surface area contributed by atoms with Crippen molar-refractivity contribution in [1.82, 2.24) is 19.8 Å². The summed E-state index contributed by atoms with van der Waals surface area (Å²) in [7, 11) is 3.40. The minimum Gasteiger partial charge on any atom is -0.496 e. The predicted octanol–water partition coefficient (Wildman–Crippen LogP) is 1.74. The zero-order chi connectivity index (χ0) is 23.7. The number of nitriles is 1. The van der Waals surface area contributed by atoms with Gasteiger partial charge in [-0.3, -0.25) is 9.69 Å². The van der Waals surface area contributed by atoms with E-state index in [1.807, 2.05) is 29.2 Å². The van der Waals surface area contributed by atoms with Crippen LogP contribution in [0, 0.1) is 11.3 Å². The standard InChI is InChI=1S/C25H28N6O3/c1-27-24-23-18(13-26)5-6-20(23)28-22(29-24)12-16-3-4-17(11-21(16)33-2)25(32)31-9-7-30(8-10-31)19-14-34-15-19/h3-5,11,19H,6-10,12,14-15H2,1-2H3,(H,27,28,29). The number of aromatic nitrogens is 2. The number of carbonyl (C=O) groups excluding carboxylic acids is 1. The topological polar surface area (TPSA) is 104 Å². The fourth-order valence-electron chi connectivity index (χ4n) is 4.75. The summed E-state index contributed by atoms with van der Waals surface area (Å²) in [6, 6.07) is 8.31. The van der Waals surface area contributed by atoms with Gasteiger partial charge in [-0.15, -0.1) is 0 Å². The number of ether oxygens (including phenoxy) is 2. The monoisotopic (exact) mass is 460 g/mol. The molecule has 176 valence electrons. The van der Waals surface area contributed by atoms with E-state index < -0.39 is 0 Å². The van der Waals surface area contributed by atoms with Crippen molar-refractivity contribution < 1.29 is 14.3 Å². The van der Waals surface area contributed by atoms with Crippen LogP contribution in [0.4, 0.5) is 5.82 Å². The molecule has 1 amide bonds. The van der Waals surface area contributed by atoms with E-state index >= 15 is 0 Å². The second-order valence-electron chi connectivity index (χ2n) is 8.72. The molecule has 3 aliphatic rings. The number of rotatable bonds is 6. The Morgan fingerprint density at radius 3 is 2.71 bits per heavy atom. The summed E-state index contributed by atoms with van der Waals surface area (Å²) in [5, 5.41) is 12.5. The Hall–Kier alpha value is -3.48. The zero-order valence-corrected chi connectivity index (χ0v) is 19.5. The van der Waals surface area contributed by atoms with Crippen LogP contribution in [0.2, 0.25) is 0 Å². The number of methoxy groups -OCH3 is 1. The number of benzene rings is 1. The first-order chi connectivity index (χ1) is 16.6. The summed E-state index contributed by atoms with van der Waals surface area (Å²) >= 11 is 0. The van der Waals surface area contributed by atoms with Crippen molar-refractivity contribution in [3.8, 4) is 11.8 Å². The zero-order valence-electron chi connectivity index (χ0n) is 19.5. The van der Waals surface area contributed by atoms with Gasteiger partial charge in [0.15, 0.2) is 0 Å². The molecule has 1 aromatic heterocycles. The van der Waals surface area contributed by atoms with Crippen LogP contribution in [-0.4, -0.2) is 85.3 Å². The van der Waals surface area contributed by atoms with Crippen LogP contribution in [0.3, 0.4) is 0 Å². The van der Waals surface area contributed by atoms with Crippen LogP contribution < -0.4 is 10.1 Å². The highest BCUT2D eigenvalue weighted by molar-refractivity contribution is 5.95. The molecular formula is C25H28N6O3. The number of allylic oxidation sites excluding steroid dienone is 2. The molecule has 0 spiro atoms. The molecule has 0 saturated carbocycles.